The van der Waals surface area contributed by atoms with Crippen LogP contribution in [-0.2, 0) is 9.59 Å². The average Bonchev–Trinajstić information content (AvgIpc) is 2.96. The molecule has 3 rings (SSSR count). The number of benzene rings is 1. The summed E-state index contributed by atoms with van der Waals surface area (Å²) in [4.78, 5) is 30.7. The Bertz CT molecular complexity index is 916. The lowest BCUT2D eigenvalue weighted by Gasteiger charge is -2.14. The largest absolute Gasteiger partial charge is 0.497 e. The molecule has 0 unspecified atom stereocenters. The number of hydrogen-bond acceptors (Lipinski definition) is 6. The lowest BCUT2D eigenvalue weighted by molar-refractivity contribution is -0.122. The highest BCUT2D eigenvalue weighted by Crippen LogP contribution is 2.33. The van der Waals surface area contributed by atoms with E-state index in [0.29, 0.717) is 34.3 Å². The molecule has 28 heavy (non-hydrogen) atoms. The zero-order valence-corrected chi connectivity index (χ0v) is 16.9. The molecule has 0 bridgehead atoms. The molecule has 0 atom stereocenters. The fourth-order valence-corrected chi connectivity index (χ4v) is 3.94. The van der Waals surface area contributed by atoms with Crippen molar-refractivity contribution in [2.24, 2.45) is 0 Å². The molecule has 1 aromatic heterocycles. The number of pyridine rings is 1. The van der Waals surface area contributed by atoms with Crippen LogP contribution in [0.25, 0.3) is 6.08 Å². The summed E-state index contributed by atoms with van der Waals surface area (Å²) in [5, 5.41) is 2.78. The van der Waals surface area contributed by atoms with E-state index in [1.54, 1.807) is 42.6 Å². The monoisotopic (exact) mass is 413 g/mol. The number of aromatic nitrogens is 1. The number of nitrogens with one attached hydrogen (secondary N) is 1. The van der Waals surface area contributed by atoms with Gasteiger partial charge in [-0.15, -0.1) is 0 Å². The maximum absolute atomic E-state index is 12.7. The third-order valence-corrected chi connectivity index (χ3v) is 5.37. The topological polar surface area (TPSA) is 71.5 Å². The van der Waals surface area contributed by atoms with Crippen LogP contribution in [0.2, 0.25) is 0 Å². The zero-order valence-electron chi connectivity index (χ0n) is 15.3. The number of rotatable bonds is 7. The van der Waals surface area contributed by atoms with Crippen molar-refractivity contribution in [2.75, 3.05) is 19.0 Å². The number of thiocarbonyl (C=S) groups is 1. The molecular weight excluding hydrogens is 394 g/mol. The Kier molecular flexibility index (Phi) is 6.78. The van der Waals surface area contributed by atoms with E-state index < -0.39 is 0 Å². The molecule has 0 aliphatic carbocycles. The number of thioether (sulfide) groups is 1. The molecule has 1 fully saturated rings. The van der Waals surface area contributed by atoms with Gasteiger partial charge in [0.15, 0.2) is 0 Å². The van der Waals surface area contributed by atoms with Gasteiger partial charge in [0, 0.05) is 19.2 Å². The number of carbonyl (C=O) groups is 2. The molecule has 2 aromatic rings. The summed E-state index contributed by atoms with van der Waals surface area (Å²) < 4.78 is 5.71. The average molecular weight is 414 g/mol. The van der Waals surface area contributed by atoms with Crippen LogP contribution < -0.4 is 10.1 Å². The molecular formula is C20H19N3O3S2. The van der Waals surface area contributed by atoms with Crippen molar-refractivity contribution in [3.63, 3.8) is 0 Å². The second kappa shape index (κ2) is 9.48. The second-order valence-electron chi connectivity index (χ2n) is 6.00. The molecule has 2 heterocycles. The molecule has 6 nitrogen and oxygen atoms in total. The molecule has 144 valence electrons. The first kappa shape index (κ1) is 20.0. The van der Waals surface area contributed by atoms with E-state index in [2.05, 4.69) is 10.3 Å². The molecule has 1 aromatic carbocycles. The number of ether oxygens (including phenoxy) is 1. The molecule has 2 amide bonds. The van der Waals surface area contributed by atoms with Crippen molar-refractivity contribution in [3.8, 4) is 5.75 Å². The number of nitrogens with zero attached hydrogens (tertiary/aromatic N) is 2. The lowest BCUT2D eigenvalue weighted by Crippen LogP contribution is -2.29. The Morgan fingerprint density at radius 2 is 2.21 bits per heavy atom. The van der Waals surface area contributed by atoms with Crippen LogP contribution in [-0.4, -0.2) is 39.7 Å². The SMILES string of the molecule is COc1cccc(C=C2SC(=S)N(CCCC(=O)Nc3cccnc3)C2=O)c1. The van der Waals surface area contributed by atoms with Gasteiger partial charge in [0.25, 0.3) is 5.91 Å². The normalized spacial score (nSPS) is 15.2. The minimum absolute atomic E-state index is 0.120. The third-order valence-electron chi connectivity index (χ3n) is 4.00. The van der Waals surface area contributed by atoms with Crippen molar-refractivity contribution in [3.05, 3.63) is 59.3 Å². The highest BCUT2D eigenvalue weighted by molar-refractivity contribution is 8.26. The van der Waals surface area contributed by atoms with E-state index in [1.165, 1.54) is 11.8 Å². The standard InChI is InChI=1S/C20H19N3O3S2/c1-26-16-7-2-5-14(11-16)12-17-19(25)23(20(27)28-17)10-4-8-18(24)22-15-6-3-9-21-13-15/h2-3,5-7,9,11-13H,4,8,10H2,1H3,(H,22,24). The Morgan fingerprint density at radius 1 is 1.36 bits per heavy atom. The van der Waals surface area contributed by atoms with Crippen molar-refractivity contribution in [1.82, 2.24) is 9.88 Å². The van der Waals surface area contributed by atoms with Crippen molar-refractivity contribution >= 4 is 51.9 Å². The highest BCUT2D eigenvalue weighted by atomic mass is 32.2. The maximum atomic E-state index is 12.7. The summed E-state index contributed by atoms with van der Waals surface area (Å²) in [7, 11) is 1.60. The van der Waals surface area contributed by atoms with E-state index in [0.717, 1.165) is 11.3 Å². The molecule has 1 saturated heterocycles. The third kappa shape index (κ3) is 5.17. The first-order valence-corrected chi connectivity index (χ1v) is 9.88. The van der Waals surface area contributed by atoms with Crippen LogP contribution in [0, 0.1) is 0 Å². The van der Waals surface area contributed by atoms with Gasteiger partial charge in [0.2, 0.25) is 5.91 Å². The van der Waals surface area contributed by atoms with E-state index in [4.69, 9.17) is 17.0 Å². The fraction of sp³-hybridized carbons (Fsp3) is 0.200. The summed E-state index contributed by atoms with van der Waals surface area (Å²) >= 11 is 6.61. The number of amides is 2. The van der Waals surface area contributed by atoms with Crippen molar-refractivity contribution < 1.29 is 14.3 Å². The van der Waals surface area contributed by atoms with Gasteiger partial charge in [-0.3, -0.25) is 19.5 Å². The Hall–Kier alpha value is -2.71. The predicted octanol–water partition coefficient (Wildman–Crippen LogP) is 3.71. The van der Waals surface area contributed by atoms with Gasteiger partial charge in [0.05, 0.1) is 23.9 Å². The van der Waals surface area contributed by atoms with E-state index in [-0.39, 0.29) is 11.8 Å². The summed E-state index contributed by atoms with van der Waals surface area (Å²) in [6, 6.07) is 11.0. The fourth-order valence-electron chi connectivity index (χ4n) is 2.63. The van der Waals surface area contributed by atoms with E-state index in [9.17, 15) is 9.59 Å². The maximum Gasteiger partial charge on any atom is 0.266 e. The highest BCUT2D eigenvalue weighted by Gasteiger charge is 2.31. The summed E-state index contributed by atoms with van der Waals surface area (Å²) in [6.07, 6.45) is 5.84. The molecule has 1 aliphatic heterocycles. The van der Waals surface area contributed by atoms with Crippen LogP contribution in [0.15, 0.2) is 53.7 Å². The number of methoxy groups -OCH3 is 1. The van der Waals surface area contributed by atoms with Gasteiger partial charge in [-0.2, -0.15) is 0 Å². The minimum Gasteiger partial charge on any atom is -0.497 e. The van der Waals surface area contributed by atoms with Gasteiger partial charge >= 0.3 is 0 Å². The van der Waals surface area contributed by atoms with Crippen LogP contribution >= 0.6 is 24.0 Å². The van der Waals surface area contributed by atoms with E-state index >= 15 is 0 Å². The van der Waals surface area contributed by atoms with E-state index in [1.807, 2.05) is 24.3 Å². The Labute approximate surface area is 173 Å². The van der Waals surface area contributed by atoms with Gasteiger partial charge < -0.3 is 10.1 Å². The Morgan fingerprint density at radius 3 is 2.96 bits per heavy atom. The number of anilines is 1. The van der Waals surface area contributed by atoms with Crippen molar-refractivity contribution in [2.45, 2.75) is 12.8 Å². The molecule has 0 saturated carbocycles. The number of carbonyl (C=O) groups excluding carboxylic acids is 2. The minimum atomic E-state index is -0.134. The zero-order chi connectivity index (χ0) is 19.9. The first-order chi connectivity index (χ1) is 13.6. The molecule has 1 aliphatic rings. The first-order valence-electron chi connectivity index (χ1n) is 8.66. The molecule has 0 spiro atoms. The predicted molar refractivity (Wildman–Crippen MR) is 115 cm³/mol. The summed E-state index contributed by atoms with van der Waals surface area (Å²) in [6.45, 7) is 0.403. The molecule has 8 heteroatoms. The molecule has 0 radical (unpaired) electrons. The lowest BCUT2D eigenvalue weighted by atomic mass is 10.2. The quantitative estimate of drug-likeness (QED) is 0.551. The van der Waals surface area contributed by atoms with Gasteiger partial charge in [-0.1, -0.05) is 36.1 Å². The van der Waals surface area contributed by atoms with Crippen molar-refractivity contribution in [1.29, 1.82) is 0 Å². The van der Waals surface area contributed by atoms with Crippen LogP contribution in [0.3, 0.4) is 0 Å². The number of hydrogen-bond donors (Lipinski definition) is 1. The Balaban J connectivity index is 1.55. The van der Waals surface area contributed by atoms with Gasteiger partial charge in [0.1, 0.15) is 10.1 Å². The second-order valence-corrected chi connectivity index (χ2v) is 7.68. The van der Waals surface area contributed by atoms with Crippen LogP contribution in [0.4, 0.5) is 5.69 Å². The summed E-state index contributed by atoms with van der Waals surface area (Å²) in [5.41, 5.74) is 1.52. The van der Waals surface area contributed by atoms with Gasteiger partial charge in [-0.05, 0) is 42.3 Å². The van der Waals surface area contributed by atoms with Gasteiger partial charge in [-0.25, -0.2) is 0 Å². The van der Waals surface area contributed by atoms with Crippen LogP contribution in [0.1, 0.15) is 18.4 Å². The smallest absolute Gasteiger partial charge is 0.266 e. The molecule has 1 N–H and O–H groups in total. The summed E-state index contributed by atoms with van der Waals surface area (Å²) in [5.74, 6) is 0.472. The van der Waals surface area contributed by atoms with Crippen LogP contribution in [0.5, 0.6) is 5.75 Å².